The maximum absolute atomic E-state index is 5.92. The van der Waals surface area contributed by atoms with Crippen LogP contribution in [0.3, 0.4) is 0 Å². The van der Waals surface area contributed by atoms with Gasteiger partial charge in [0.05, 0.1) is 0 Å². The van der Waals surface area contributed by atoms with E-state index in [0.717, 1.165) is 11.6 Å². The van der Waals surface area contributed by atoms with Crippen LogP contribution in [0.1, 0.15) is 24.8 Å². The molecular formula is C10H12ClN. The fourth-order valence-electron chi connectivity index (χ4n) is 1.74. The van der Waals surface area contributed by atoms with Crippen LogP contribution in [0.4, 0.5) is 5.69 Å². The smallest absolute Gasteiger partial charge is 0.0410 e. The molecule has 1 aromatic carbocycles. The fraction of sp³-hybridized carbons (Fsp3) is 0.400. The molecule has 64 valence electrons. The predicted octanol–water partition coefficient (Wildman–Crippen LogP) is 3.26. The molecule has 1 aromatic rings. The molecule has 0 saturated carbocycles. The number of halogens is 1. The van der Waals surface area contributed by atoms with Gasteiger partial charge in [-0.25, -0.2) is 0 Å². The summed E-state index contributed by atoms with van der Waals surface area (Å²) in [7, 11) is 0. The first-order chi connectivity index (χ1) is 5.81. The molecule has 1 atom stereocenters. The van der Waals surface area contributed by atoms with E-state index in [1.54, 1.807) is 0 Å². The quantitative estimate of drug-likeness (QED) is 0.702. The predicted molar refractivity (Wildman–Crippen MR) is 53.0 cm³/mol. The fourth-order valence-corrected chi connectivity index (χ4v) is 1.92. The highest BCUT2D eigenvalue weighted by molar-refractivity contribution is 6.30. The van der Waals surface area contributed by atoms with Crippen molar-refractivity contribution in [3.63, 3.8) is 0 Å². The molecule has 0 fully saturated rings. The molecule has 1 N–H and O–H groups in total. The van der Waals surface area contributed by atoms with Gasteiger partial charge in [0.15, 0.2) is 0 Å². The summed E-state index contributed by atoms with van der Waals surface area (Å²) < 4.78 is 0. The normalized spacial score (nSPS) is 20.3. The topological polar surface area (TPSA) is 12.0 Å². The van der Waals surface area contributed by atoms with Crippen LogP contribution in [-0.4, -0.2) is 6.54 Å². The number of benzene rings is 1. The Morgan fingerprint density at radius 3 is 3.17 bits per heavy atom. The summed E-state index contributed by atoms with van der Waals surface area (Å²) in [5.74, 6) is 0.652. The number of anilines is 1. The first-order valence-corrected chi connectivity index (χ1v) is 4.72. The largest absolute Gasteiger partial charge is 0.384 e. The van der Waals surface area contributed by atoms with Gasteiger partial charge >= 0.3 is 0 Å². The first-order valence-electron chi connectivity index (χ1n) is 4.34. The highest BCUT2D eigenvalue weighted by Gasteiger charge is 2.19. The van der Waals surface area contributed by atoms with E-state index in [4.69, 9.17) is 11.6 Å². The summed E-state index contributed by atoms with van der Waals surface area (Å²) in [4.78, 5) is 0. The lowest BCUT2D eigenvalue weighted by Gasteiger charge is -2.05. The van der Waals surface area contributed by atoms with Gasteiger partial charge in [-0.3, -0.25) is 0 Å². The molecule has 2 rings (SSSR count). The minimum absolute atomic E-state index is 0.652. The lowest BCUT2D eigenvalue weighted by molar-refractivity contribution is 0.727. The zero-order valence-corrected chi connectivity index (χ0v) is 7.86. The highest BCUT2D eigenvalue weighted by atomic mass is 35.5. The van der Waals surface area contributed by atoms with Crippen LogP contribution in [0.5, 0.6) is 0 Å². The van der Waals surface area contributed by atoms with Crippen molar-refractivity contribution in [2.75, 3.05) is 11.9 Å². The second-order valence-electron chi connectivity index (χ2n) is 3.22. The van der Waals surface area contributed by atoms with Crippen molar-refractivity contribution in [3.8, 4) is 0 Å². The van der Waals surface area contributed by atoms with Crippen LogP contribution < -0.4 is 5.32 Å². The molecule has 0 amide bonds. The Morgan fingerprint density at radius 1 is 1.58 bits per heavy atom. The second-order valence-corrected chi connectivity index (χ2v) is 3.65. The van der Waals surface area contributed by atoms with Gasteiger partial charge < -0.3 is 5.32 Å². The lowest BCUT2D eigenvalue weighted by atomic mass is 9.99. The number of rotatable bonds is 1. The minimum Gasteiger partial charge on any atom is -0.384 e. The third kappa shape index (κ3) is 1.18. The van der Waals surface area contributed by atoms with Gasteiger partial charge in [0.1, 0.15) is 0 Å². The molecule has 0 bridgehead atoms. The molecule has 12 heavy (non-hydrogen) atoms. The Kier molecular flexibility index (Phi) is 1.97. The van der Waals surface area contributed by atoms with Crippen molar-refractivity contribution >= 4 is 17.3 Å². The highest BCUT2D eigenvalue weighted by Crippen LogP contribution is 2.34. The number of fused-ring (bicyclic) bond motifs is 1. The van der Waals surface area contributed by atoms with Gasteiger partial charge in [0, 0.05) is 23.2 Å². The van der Waals surface area contributed by atoms with Crippen LogP contribution in [0.25, 0.3) is 0 Å². The first kappa shape index (κ1) is 7.93. The van der Waals surface area contributed by atoms with Gasteiger partial charge in [-0.05, 0) is 30.2 Å². The van der Waals surface area contributed by atoms with Crippen LogP contribution in [0.2, 0.25) is 5.02 Å². The maximum atomic E-state index is 5.92. The second kappa shape index (κ2) is 2.98. The molecule has 0 aromatic heterocycles. The molecule has 0 radical (unpaired) electrons. The van der Waals surface area contributed by atoms with Crippen molar-refractivity contribution < 1.29 is 0 Å². The Balaban J connectivity index is 2.42. The van der Waals surface area contributed by atoms with E-state index >= 15 is 0 Å². The summed E-state index contributed by atoms with van der Waals surface area (Å²) in [6.45, 7) is 3.27. The van der Waals surface area contributed by atoms with Crippen molar-refractivity contribution in [3.05, 3.63) is 28.8 Å². The third-order valence-corrected chi connectivity index (χ3v) is 2.72. The summed E-state index contributed by atoms with van der Waals surface area (Å²) in [5, 5.41) is 4.21. The van der Waals surface area contributed by atoms with Crippen molar-refractivity contribution in [2.45, 2.75) is 19.3 Å². The maximum Gasteiger partial charge on any atom is 0.0410 e. The summed E-state index contributed by atoms with van der Waals surface area (Å²) in [6, 6.07) is 6.07. The molecule has 0 saturated heterocycles. The van der Waals surface area contributed by atoms with Gasteiger partial charge in [0.25, 0.3) is 0 Å². The van der Waals surface area contributed by atoms with Crippen LogP contribution >= 0.6 is 11.6 Å². The molecule has 2 heteroatoms. The average Bonchev–Trinajstić information content (AvgIpc) is 2.46. The summed E-state index contributed by atoms with van der Waals surface area (Å²) in [5.41, 5.74) is 2.64. The van der Waals surface area contributed by atoms with E-state index in [-0.39, 0.29) is 0 Å². The van der Waals surface area contributed by atoms with Gasteiger partial charge in [-0.2, -0.15) is 0 Å². The molecule has 0 unspecified atom stereocenters. The van der Waals surface area contributed by atoms with Crippen LogP contribution in [0.15, 0.2) is 18.2 Å². The molecule has 1 heterocycles. The van der Waals surface area contributed by atoms with Crippen LogP contribution in [0, 0.1) is 0 Å². The standard InChI is InChI=1S/C10H12ClN/c1-2-7-6-12-10-4-3-8(11)5-9(7)10/h3-5,7,12H,2,6H2,1H3/t7-/m1/s1. The monoisotopic (exact) mass is 181 g/mol. The van der Waals surface area contributed by atoms with E-state index in [0.29, 0.717) is 5.92 Å². The molecule has 0 spiro atoms. The molecule has 1 aliphatic rings. The SMILES string of the molecule is CC[C@@H]1CNc2ccc(Cl)cc21. The molecule has 1 nitrogen and oxygen atoms in total. The van der Waals surface area contributed by atoms with E-state index in [2.05, 4.69) is 24.4 Å². The van der Waals surface area contributed by atoms with E-state index in [1.165, 1.54) is 17.7 Å². The lowest BCUT2D eigenvalue weighted by Crippen LogP contribution is -1.99. The van der Waals surface area contributed by atoms with E-state index in [1.807, 2.05) is 6.07 Å². The van der Waals surface area contributed by atoms with Crippen molar-refractivity contribution in [1.82, 2.24) is 0 Å². The third-order valence-electron chi connectivity index (χ3n) is 2.49. The van der Waals surface area contributed by atoms with Gasteiger partial charge in [-0.1, -0.05) is 18.5 Å². The Morgan fingerprint density at radius 2 is 2.42 bits per heavy atom. The van der Waals surface area contributed by atoms with Gasteiger partial charge in [-0.15, -0.1) is 0 Å². The molecule has 0 aliphatic carbocycles. The number of hydrogen-bond donors (Lipinski definition) is 1. The molecule has 1 aliphatic heterocycles. The Labute approximate surface area is 77.7 Å². The van der Waals surface area contributed by atoms with Crippen LogP contribution in [-0.2, 0) is 0 Å². The number of hydrogen-bond acceptors (Lipinski definition) is 1. The van der Waals surface area contributed by atoms with Crippen molar-refractivity contribution in [2.24, 2.45) is 0 Å². The molecular weight excluding hydrogens is 170 g/mol. The minimum atomic E-state index is 0.652. The zero-order chi connectivity index (χ0) is 8.55. The number of nitrogens with one attached hydrogen (secondary N) is 1. The van der Waals surface area contributed by atoms with Crippen molar-refractivity contribution in [1.29, 1.82) is 0 Å². The van der Waals surface area contributed by atoms with E-state index < -0.39 is 0 Å². The Hall–Kier alpha value is -0.690. The average molecular weight is 182 g/mol. The Bertz CT molecular complexity index is 296. The van der Waals surface area contributed by atoms with E-state index in [9.17, 15) is 0 Å². The summed E-state index contributed by atoms with van der Waals surface area (Å²) >= 11 is 5.92. The zero-order valence-electron chi connectivity index (χ0n) is 7.10. The van der Waals surface area contributed by atoms with Gasteiger partial charge in [0.2, 0.25) is 0 Å². The summed E-state index contributed by atoms with van der Waals surface area (Å²) in [6.07, 6.45) is 1.18.